The van der Waals surface area contributed by atoms with Crippen LogP contribution in [0.4, 0.5) is 5.69 Å². The molecule has 1 heterocycles. The highest BCUT2D eigenvalue weighted by Gasteiger charge is 2.33. The van der Waals surface area contributed by atoms with Crippen LogP contribution in [0.2, 0.25) is 0 Å². The Kier molecular flexibility index (Phi) is 2.96. The fourth-order valence-electron chi connectivity index (χ4n) is 2.24. The van der Waals surface area contributed by atoms with Gasteiger partial charge in [0.05, 0.1) is 6.04 Å². The van der Waals surface area contributed by atoms with Crippen LogP contribution in [0.15, 0.2) is 29.3 Å². The standard InChI is InChI=1S/C14H20N2O/c1-10-7-5-6-8-12(10)16-9-11(2)15-13(16)14(3,4)17/h5-8,11,17H,9H2,1-4H3/t11-/m0/s1. The van der Waals surface area contributed by atoms with E-state index < -0.39 is 5.60 Å². The molecule has 0 fully saturated rings. The molecule has 1 aromatic rings. The van der Waals surface area contributed by atoms with Crippen molar-refractivity contribution >= 4 is 11.5 Å². The number of aryl methyl sites for hydroxylation is 1. The number of nitrogens with zero attached hydrogens (tertiary/aromatic N) is 2. The van der Waals surface area contributed by atoms with Crippen LogP contribution in [-0.4, -0.2) is 29.1 Å². The van der Waals surface area contributed by atoms with Gasteiger partial charge in [-0.05, 0) is 39.3 Å². The fourth-order valence-corrected chi connectivity index (χ4v) is 2.24. The maximum Gasteiger partial charge on any atom is 0.136 e. The molecule has 3 nitrogen and oxygen atoms in total. The summed E-state index contributed by atoms with van der Waals surface area (Å²) in [6.07, 6.45) is 0. The number of benzene rings is 1. The van der Waals surface area contributed by atoms with Crippen LogP contribution in [-0.2, 0) is 0 Å². The van der Waals surface area contributed by atoms with E-state index >= 15 is 0 Å². The number of amidine groups is 1. The molecule has 17 heavy (non-hydrogen) atoms. The molecule has 0 unspecified atom stereocenters. The second kappa shape index (κ2) is 4.15. The molecule has 0 amide bonds. The molecule has 1 aliphatic rings. The van der Waals surface area contributed by atoms with Crippen LogP contribution in [0.1, 0.15) is 26.3 Å². The van der Waals surface area contributed by atoms with Gasteiger partial charge >= 0.3 is 0 Å². The van der Waals surface area contributed by atoms with Crippen LogP contribution in [0.3, 0.4) is 0 Å². The van der Waals surface area contributed by atoms with Crippen molar-refractivity contribution in [3.8, 4) is 0 Å². The molecule has 92 valence electrons. The van der Waals surface area contributed by atoms with Gasteiger partial charge in [0.1, 0.15) is 11.4 Å². The molecule has 0 bridgehead atoms. The highest BCUT2D eigenvalue weighted by atomic mass is 16.3. The summed E-state index contributed by atoms with van der Waals surface area (Å²) in [6, 6.07) is 8.44. The molecule has 0 aromatic heterocycles. The largest absolute Gasteiger partial charge is 0.383 e. The van der Waals surface area contributed by atoms with E-state index in [9.17, 15) is 5.11 Å². The summed E-state index contributed by atoms with van der Waals surface area (Å²) in [5.74, 6) is 0.763. The van der Waals surface area contributed by atoms with E-state index in [4.69, 9.17) is 0 Å². The molecule has 1 aromatic carbocycles. The summed E-state index contributed by atoms with van der Waals surface area (Å²) in [7, 11) is 0. The number of hydrogen-bond acceptors (Lipinski definition) is 3. The average Bonchev–Trinajstić information content (AvgIpc) is 2.60. The maximum absolute atomic E-state index is 10.2. The maximum atomic E-state index is 10.2. The van der Waals surface area contributed by atoms with E-state index in [1.807, 2.05) is 12.1 Å². The molecule has 1 N–H and O–H groups in total. The monoisotopic (exact) mass is 232 g/mol. The number of aliphatic hydroxyl groups is 1. The predicted molar refractivity (Wildman–Crippen MR) is 71.7 cm³/mol. The predicted octanol–water partition coefficient (Wildman–Crippen LogP) is 2.37. The van der Waals surface area contributed by atoms with E-state index in [0.29, 0.717) is 0 Å². The van der Waals surface area contributed by atoms with Crippen molar-refractivity contribution < 1.29 is 5.11 Å². The van der Waals surface area contributed by atoms with Gasteiger partial charge in [0, 0.05) is 12.2 Å². The Morgan fingerprint density at radius 2 is 2.00 bits per heavy atom. The Bertz CT molecular complexity index is 446. The number of rotatable bonds is 2. The quantitative estimate of drug-likeness (QED) is 0.849. The minimum absolute atomic E-state index is 0.232. The zero-order valence-electron chi connectivity index (χ0n) is 10.9. The molecule has 0 saturated heterocycles. The van der Waals surface area contributed by atoms with Gasteiger partial charge in [-0.3, -0.25) is 4.99 Å². The zero-order chi connectivity index (χ0) is 12.6. The first kappa shape index (κ1) is 12.1. The van der Waals surface area contributed by atoms with Gasteiger partial charge in [-0.1, -0.05) is 18.2 Å². The Hall–Kier alpha value is -1.35. The Labute approximate surface area is 103 Å². The topological polar surface area (TPSA) is 35.8 Å². The molecular weight excluding hydrogens is 212 g/mol. The summed E-state index contributed by atoms with van der Waals surface area (Å²) < 4.78 is 0. The van der Waals surface area contributed by atoms with Crippen molar-refractivity contribution in [3.05, 3.63) is 29.8 Å². The van der Waals surface area contributed by atoms with Gasteiger partial charge in [0.25, 0.3) is 0 Å². The SMILES string of the molecule is Cc1ccccc1N1C[C@H](C)N=C1C(C)(C)O. The third kappa shape index (κ3) is 2.34. The number of hydrogen-bond donors (Lipinski definition) is 1. The summed E-state index contributed by atoms with van der Waals surface area (Å²) in [4.78, 5) is 6.68. The van der Waals surface area contributed by atoms with Gasteiger partial charge in [-0.15, -0.1) is 0 Å². The second-order valence-electron chi connectivity index (χ2n) is 5.26. The normalized spacial score (nSPS) is 20.6. The van der Waals surface area contributed by atoms with Crippen LogP contribution < -0.4 is 4.90 Å². The van der Waals surface area contributed by atoms with Crippen molar-refractivity contribution in [1.29, 1.82) is 0 Å². The Morgan fingerprint density at radius 1 is 1.35 bits per heavy atom. The first-order chi connectivity index (χ1) is 7.89. The van der Waals surface area contributed by atoms with Gasteiger partial charge in [-0.25, -0.2) is 0 Å². The lowest BCUT2D eigenvalue weighted by molar-refractivity contribution is 0.152. The van der Waals surface area contributed by atoms with Gasteiger partial charge < -0.3 is 10.0 Å². The molecule has 1 aliphatic heterocycles. The van der Waals surface area contributed by atoms with Crippen molar-refractivity contribution in [2.45, 2.75) is 39.3 Å². The first-order valence-electron chi connectivity index (χ1n) is 6.03. The summed E-state index contributed by atoms with van der Waals surface area (Å²) in [5, 5.41) is 10.2. The van der Waals surface area contributed by atoms with Crippen molar-refractivity contribution in [3.63, 3.8) is 0 Å². The third-order valence-electron chi connectivity index (χ3n) is 3.00. The molecule has 2 rings (SSSR count). The lowest BCUT2D eigenvalue weighted by Crippen LogP contribution is -2.43. The highest BCUT2D eigenvalue weighted by Crippen LogP contribution is 2.27. The van der Waals surface area contributed by atoms with Gasteiger partial charge in [-0.2, -0.15) is 0 Å². The second-order valence-corrected chi connectivity index (χ2v) is 5.26. The van der Waals surface area contributed by atoms with Gasteiger partial charge in [0.2, 0.25) is 0 Å². The summed E-state index contributed by atoms with van der Waals surface area (Å²) in [6.45, 7) is 8.57. The van der Waals surface area contributed by atoms with Crippen LogP contribution in [0.25, 0.3) is 0 Å². The molecule has 0 aliphatic carbocycles. The first-order valence-corrected chi connectivity index (χ1v) is 6.03. The van der Waals surface area contributed by atoms with E-state index in [2.05, 4.69) is 35.9 Å². The molecule has 0 radical (unpaired) electrons. The van der Waals surface area contributed by atoms with Gasteiger partial charge in [0.15, 0.2) is 0 Å². The Balaban J connectivity index is 2.41. The number of para-hydroxylation sites is 1. The minimum Gasteiger partial charge on any atom is -0.383 e. The van der Waals surface area contributed by atoms with Crippen LogP contribution >= 0.6 is 0 Å². The van der Waals surface area contributed by atoms with E-state index in [1.165, 1.54) is 5.56 Å². The third-order valence-corrected chi connectivity index (χ3v) is 3.00. The molecule has 3 heteroatoms. The van der Waals surface area contributed by atoms with E-state index in [0.717, 1.165) is 18.1 Å². The minimum atomic E-state index is -0.896. The van der Waals surface area contributed by atoms with E-state index in [-0.39, 0.29) is 6.04 Å². The summed E-state index contributed by atoms with van der Waals surface area (Å²) in [5.41, 5.74) is 1.45. The zero-order valence-corrected chi connectivity index (χ0v) is 10.9. The lowest BCUT2D eigenvalue weighted by atomic mass is 10.1. The van der Waals surface area contributed by atoms with E-state index in [1.54, 1.807) is 13.8 Å². The van der Waals surface area contributed by atoms with Crippen LogP contribution in [0.5, 0.6) is 0 Å². The Morgan fingerprint density at radius 3 is 2.59 bits per heavy atom. The highest BCUT2D eigenvalue weighted by molar-refractivity contribution is 6.05. The molecule has 0 spiro atoms. The van der Waals surface area contributed by atoms with Crippen molar-refractivity contribution in [1.82, 2.24) is 0 Å². The number of anilines is 1. The van der Waals surface area contributed by atoms with Crippen molar-refractivity contribution in [2.24, 2.45) is 4.99 Å². The average molecular weight is 232 g/mol. The molecular formula is C14H20N2O. The number of aliphatic imine (C=N–C) groups is 1. The molecule has 0 saturated carbocycles. The summed E-state index contributed by atoms with van der Waals surface area (Å²) >= 11 is 0. The molecule has 1 atom stereocenters. The van der Waals surface area contributed by atoms with Crippen molar-refractivity contribution in [2.75, 3.05) is 11.4 Å². The van der Waals surface area contributed by atoms with Crippen LogP contribution in [0, 0.1) is 6.92 Å². The smallest absolute Gasteiger partial charge is 0.136 e. The fraction of sp³-hybridized carbons (Fsp3) is 0.500. The lowest BCUT2D eigenvalue weighted by Gasteiger charge is -2.29.